The lowest BCUT2D eigenvalue weighted by atomic mass is 10.1. The van der Waals surface area contributed by atoms with Crippen molar-refractivity contribution in [1.29, 1.82) is 0 Å². The van der Waals surface area contributed by atoms with Crippen LogP contribution in [0.4, 0.5) is 0 Å². The first kappa shape index (κ1) is 9.69. The summed E-state index contributed by atoms with van der Waals surface area (Å²) in [5, 5.41) is 0. The van der Waals surface area contributed by atoms with Crippen molar-refractivity contribution in [3.8, 4) is 0 Å². The van der Waals surface area contributed by atoms with Gasteiger partial charge in [-0.2, -0.15) is 0 Å². The second kappa shape index (κ2) is 3.37. The second-order valence-corrected chi connectivity index (χ2v) is 4.17. The van der Waals surface area contributed by atoms with Gasteiger partial charge in [0.1, 0.15) is 6.10 Å². The maximum Gasteiger partial charge on any atom is 0.164 e. The summed E-state index contributed by atoms with van der Waals surface area (Å²) in [5.41, 5.74) is 1.19. The molecular weight excluding hydrogens is 176 g/mol. The lowest BCUT2D eigenvalue weighted by molar-refractivity contribution is -0.145. The Morgan fingerprint density at radius 3 is 2.21 bits per heavy atom. The summed E-state index contributed by atoms with van der Waals surface area (Å²) >= 11 is 0. The molecule has 0 saturated carbocycles. The Bertz CT molecular complexity index is 305. The number of ether oxygens (including phenoxy) is 2. The van der Waals surface area contributed by atoms with Gasteiger partial charge in [-0.3, -0.25) is 0 Å². The summed E-state index contributed by atoms with van der Waals surface area (Å²) in [7, 11) is 0. The zero-order chi connectivity index (χ0) is 10.2. The molecule has 1 saturated heterocycles. The van der Waals surface area contributed by atoms with Crippen LogP contribution in [-0.2, 0) is 9.47 Å². The Labute approximate surface area is 84.8 Å². The van der Waals surface area contributed by atoms with Crippen LogP contribution in [0.2, 0.25) is 0 Å². The van der Waals surface area contributed by atoms with Crippen LogP contribution in [0.1, 0.15) is 32.4 Å². The van der Waals surface area contributed by atoms with E-state index in [9.17, 15) is 0 Å². The maximum atomic E-state index is 5.82. The van der Waals surface area contributed by atoms with Gasteiger partial charge in [0.25, 0.3) is 0 Å². The van der Waals surface area contributed by atoms with E-state index in [0.29, 0.717) is 0 Å². The summed E-state index contributed by atoms with van der Waals surface area (Å²) in [6.45, 7) is 5.95. The highest BCUT2D eigenvalue weighted by molar-refractivity contribution is 5.19. The Kier molecular flexibility index (Phi) is 2.33. The largest absolute Gasteiger partial charge is 0.344 e. The fourth-order valence-corrected chi connectivity index (χ4v) is 1.92. The van der Waals surface area contributed by atoms with Crippen molar-refractivity contribution in [3.05, 3.63) is 35.9 Å². The van der Waals surface area contributed by atoms with Gasteiger partial charge in [-0.1, -0.05) is 30.3 Å². The van der Waals surface area contributed by atoms with E-state index in [0.717, 1.165) is 0 Å². The van der Waals surface area contributed by atoms with Crippen LogP contribution < -0.4 is 0 Å². The molecule has 76 valence electrons. The van der Waals surface area contributed by atoms with Crippen LogP contribution in [0.15, 0.2) is 30.3 Å². The van der Waals surface area contributed by atoms with Crippen molar-refractivity contribution < 1.29 is 9.47 Å². The molecule has 2 nitrogen and oxygen atoms in total. The predicted octanol–water partition coefficient (Wildman–Crippen LogP) is 2.90. The van der Waals surface area contributed by atoms with E-state index >= 15 is 0 Å². The van der Waals surface area contributed by atoms with Crippen LogP contribution in [0.5, 0.6) is 0 Å². The molecule has 1 heterocycles. The molecule has 0 amide bonds. The third-order valence-corrected chi connectivity index (χ3v) is 2.43. The minimum atomic E-state index is -0.458. The zero-order valence-corrected chi connectivity index (χ0v) is 8.86. The van der Waals surface area contributed by atoms with E-state index in [2.05, 4.69) is 12.1 Å². The molecule has 0 bridgehead atoms. The van der Waals surface area contributed by atoms with Crippen molar-refractivity contribution in [3.63, 3.8) is 0 Å². The molecule has 0 radical (unpaired) electrons. The normalized spacial score (nSPS) is 30.5. The van der Waals surface area contributed by atoms with Gasteiger partial charge in [0.2, 0.25) is 0 Å². The van der Waals surface area contributed by atoms with E-state index in [1.165, 1.54) is 5.56 Å². The van der Waals surface area contributed by atoms with Gasteiger partial charge in [-0.25, -0.2) is 0 Å². The number of benzene rings is 1. The molecule has 2 heteroatoms. The van der Waals surface area contributed by atoms with Crippen LogP contribution in [0.3, 0.4) is 0 Å². The van der Waals surface area contributed by atoms with Crippen LogP contribution in [0, 0.1) is 0 Å². The molecule has 1 fully saturated rings. The molecule has 14 heavy (non-hydrogen) atoms. The van der Waals surface area contributed by atoms with Crippen molar-refractivity contribution in [1.82, 2.24) is 0 Å². The average molecular weight is 192 g/mol. The molecule has 0 N–H and O–H groups in total. The van der Waals surface area contributed by atoms with E-state index in [1.54, 1.807) is 0 Å². The summed E-state index contributed by atoms with van der Waals surface area (Å²) in [6.07, 6.45) is 0.179. The highest BCUT2D eigenvalue weighted by atomic mass is 16.7. The fraction of sp³-hybridized carbons (Fsp3) is 0.500. The zero-order valence-electron chi connectivity index (χ0n) is 8.86. The maximum absolute atomic E-state index is 5.82. The third kappa shape index (κ3) is 1.81. The average Bonchev–Trinajstić information content (AvgIpc) is 2.41. The Balaban J connectivity index is 2.21. The van der Waals surface area contributed by atoms with Crippen LogP contribution >= 0.6 is 0 Å². The molecule has 0 aliphatic carbocycles. The smallest absolute Gasteiger partial charge is 0.164 e. The Morgan fingerprint density at radius 1 is 1.07 bits per heavy atom. The van der Waals surface area contributed by atoms with Gasteiger partial charge in [-0.05, 0) is 26.3 Å². The minimum Gasteiger partial charge on any atom is -0.344 e. The molecule has 1 aromatic carbocycles. The molecule has 0 unspecified atom stereocenters. The van der Waals surface area contributed by atoms with Crippen molar-refractivity contribution in [2.45, 2.75) is 38.8 Å². The van der Waals surface area contributed by atoms with Gasteiger partial charge in [0.15, 0.2) is 5.79 Å². The number of hydrogen-bond acceptors (Lipinski definition) is 2. The first-order valence-corrected chi connectivity index (χ1v) is 4.99. The standard InChI is InChI=1S/C12H16O2/c1-9-11(14-12(2,3)13-9)10-7-5-4-6-8-10/h4-9,11H,1-3H3/t9-,11+/m0/s1. The highest BCUT2D eigenvalue weighted by Gasteiger charge is 2.39. The van der Waals surface area contributed by atoms with Gasteiger partial charge in [0.05, 0.1) is 6.10 Å². The molecule has 2 rings (SSSR count). The lowest BCUT2D eigenvalue weighted by Crippen LogP contribution is -2.20. The van der Waals surface area contributed by atoms with Crippen molar-refractivity contribution in [2.24, 2.45) is 0 Å². The van der Waals surface area contributed by atoms with E-state index in [1.807, 2.05) is 39.0 Å². The summed E-state index contributed by atoms with van der Waals surface area (Å²) < 4.78 is 11.5. The first-order chi connectivity index (χ1) is 6.58. The van der Waals surface area contributed by atoms with Crippen LogP contribution in [0.25, 0.3) is 0 Å². The third-order valence-electron chi connectivity index (χ3n) is 2.43. The highest BCUT2D eigenvalue weighted by Crippen LogP contribution is 2.37. The van der Waals surface area contributed by atoms with Gasteiger partial charge >= 0.3 is 0 Å². The lowest BCUT2D eigenvalue weighted by Gasteiger charge is -2.16. The van der Waals surface area contributed by atoms with E-state index < -0.39 is 5.79 Å². The number of rotatable bonds is 1. The number of hydrogen-bond donors (Lipinski definition) is 0. The fourth-order valence-electron chi connectivity index (χ4n) is 1.92. The Morgan fingerprint density at radius 2 is 1.71 bits per heavy atom. The molecule has 1 aromatic rings. The van der Waals surface area contributed by atoms with Crippen molar-refractivity contribution >= 4 is 0 Å². The monoisotopic (exact) mass is 192 g/mol. The summed E-state index contributed by atoms with van der Waals surface area (Å²) in [4.78, 5) is 0. The van der Waals surface area contributed by atoms with Gasteiger partial charge in [0, 0.05) is 0 Å². The van der Waals surface area contributed by atoms with Crippen LogP contribution in [-0.4, -0.2) is 11.9 Å². The minimum absolute atomic E-state index is 0.0613. The topological polar surface area (TPSA) is 18.5 Å². The van der Waals surface area contributed by atoms with Gasteiger partial charge in [-0.15, -0.1) is 0 Å². The van der Waals surface area contributed by atoms with Crippen molar-refractivity contribution in [2.75, 3.05) is 0 Å². The first-order valence-electron chi connectivity index (χ1n) is 4.99. The molecule has 0 aromatic heterocycles. The summed E-state index contributed by atoms with van der Waals surface area (Å²) in [6, 6.07) is 10.2. The SMILES string of the molecule is C[C@@H]1OC(C)(C)O[C@H]1c1ccccc1. The Hall–Kier alpha value is -0.860. The molecule has 0 spiro atoms. The van der Waals surface area contributed by atoms with E-state index in [-0.39, 0.29) is 12.2 Å². The second-order valence-electron chi connectivity index (χ2n) is 4.17. The van der Waals surface area contributed by atoms with Gasteiger partial charge < -0.3 is 9.47 Å². The molecule has 1 aliphatic heterocycles. The molecule has 2 atom stereocenters. The molecular formula is C12H16O2. The van der Waals surface area contributed by atoms with E-state index in [4.69, 9.17) is 9.47 Å². The predicted molar refractivity (Wildman–Crippen MR) is 54.9 cm³/mol. The summed E-state index contributed by atoms with van der Waals surface area (Å²) in [5.74, 6) is -0.458. The quantitative estimate of drug-likeness (QED) is 0.681. The molecule has 1 aliphatic rings.